The van der Waals surface area contributed by atoms with E-state index in [9.17, 15) is 9.59 Å². The molecular weight excluding hydrogens is 320 g/mol. The Morgan fingerprint density at radius 1 is 1.12 bits per heavy atom. The van der Waals surface area contributed by atoms with Crippen molar-refractivity contribution in [3.05, 3.63) is 11.6 Å². The lowest BCUT2D eigenvalue weighted by Crippen LogP contribution is -2.66. The van der Waals surface area contributed by atoms with Gasteiger partial charge < -0.3 is 28.4 Å². The maximum Gasteiger partial charge on any atom is 0.334 e. The van der Waals surface area contributed by atoms with Crippen molar-refractivity contribution >= 4 is 11.8 Å². The van der Waals surface area contributed by atoms with E-state index in [-0.39, 0.29) is 11.7 Å². The number of hydrogen-bond acceptors (Lipinski definition) is 8. The maximum atomic E-state index is 13.0. The van der Waals surface area contributed by atoms with E-state index >= 15 is 0 Å². The fourth-order valence-electron chi connectivity index (χ4n) is 4.27. The SMILES string of the molecule is COC(=O)C1=CC2C(=O)C(OC)(OC)C1C1OC(OC)(OC)CC21. The minimum absolute atomic E-state index is 0.200. The van der Waals surface area contributed by atoms with Gasteiger partial charge in [0.15, 0.2) is 5.78 Å². The van der Waals surface area contributed by atoms with E-state index in [4.69, 9.17) is 28.4 Å². The molecule has 8 heteroatoms. The number of Topliss-reactive ketones (excluding diaryl/α,β-unsaturated/α-hetero) is 1. The zero-order valence-corrected chi connectivity index (χ0v) is 14.4. The van der Waals surface area contributed by atoms with E-state index in [1.165, 1.54) is 35.5 Å². The minimum Gasteiger partial charge on any atom is -0.466 e. The Morgan fingerprint density at radius 2 is 1.75 bits per heavy atom. The lowest BCUT2D eigenvalue weighted by molar-refractivity contribution is -0.361. The van der Waals surface area contributed by atoms with Crippen LogP contribution in [0.3, 0.4) is 0 Å². The van der Waals surface area contributed by atoms with Gasteiger partial charge in [0.25, 0.3) is 5.97 Å². The molecule has 2 bridgehead atoms. The molecule has 1 heterocycles. The molecule has 0 radical (unpaired) electrons. The molecule has 0 amide bonds. The molecule has 0 aromatic rings. The van der Waals surface area contributed by atoms with Crippen molar-refractivity contribution in [1.29, 1.82) is 0 Å². The van der Waals surface area contributed by atoms with E-state index in [2.05, 4.69) is 0 Å². The molecule has 1 saturated carbocycles. The van der Waals surface area contributed by atoms with Crippen LogP contribution >= 0.6 is 0 Å². The molecular formula is C16H22O8. The van der Waals surface area contributed by atoms with Gasteiger partial charge in [-0.1, -0.05) is 6.08 Å². The predicted octanol–water partition coefficient (Wildman–Crippen LogP) is 0.255. The van der Waals surface area contributed by atoms with E-state index in [1.54, 1.807) is 6.08 Å². The van der Waals surface area contributed by atoms with Crippen LogP contribution in [-0.4, -0.2) is 65.2 Å². The third-order valence-corrected chi connectivity index (χ3v) is 5.41. The summed E-state index contributed by atoms with van der Waals surface area (Å²) < 4.78 is 32.6. The summed E-state index contributed by atoms with van der Waals surface area (Å²) in [5, 5.41) is 0. The average Bonchev–Trinajstić information content (AvgIpc) is 3.02. The number of methoxy groups -OCH3 is 5. The molecule has 1 aliphatic heterocycles. The molecule has 0 spiro atoms. The maximum absolute atomic E-state index is 13.0. The summed E-state index contributed by atoms with van der Waals surface area (Å²) in [6.07, 6.45) is 1.47. The molecule has 24 heavy (non-hydrogen) atoms. The first-order chi connectivity index (χ1) is 11.4. The third kappa shape index (κ3) is 2.04. The molecule has 0 aromatic heterocycles. The quantitative estimate of drug-likeness (QED) is 0.519. The van der Waals surface area contributed by atoms with E-state index in [1.807, 2.05) is 0 Å². The highest BCUT2D eigenvalue weighted by Crippen LogP contribution is 2.57. The van der Waals surface area contributed by atoms with Gasteiger partial charge in [0.05, 0.1) is 19.1 Å². The van der Waals surface area contributed by atoms with Gasteiger partial charge in [0.1, 0.15) is 0 Å². The Labute approximate surface area is 140 Å². The Morgan fingerprint density at radius 3 is 2.25 bits per heavy atom. The van der Waals surface area contributed by atoms with E-state index < -0.39 is 35.7 Å². The standard InChI is InChI=1S/C16H22O8/c1-19-14(18)9-6-8-10-7-15(20-2,21-3)24-12(10)11(9)16(22-4,23-5)13(8)17/h6,8,10-12H,7H2,1-5H3. The Balaban J connectivity index is 2.11. The summed E-state index contributed by atoms with van der Waals surface area (Å²) >= 11 is 0. The van der Waals surface area contributed by atoms with Crippen molar-refractivity contribution in [2.24, 2.45) is 17.8 Å². The Hall–Kier alpha value is -1.32. The first-order valence-electron chi connectivity index (χ1n) is 7.66. The summed E-state index contributed by atoms with van der Waals surface area (Å²) in [5.41, 5.74) is 0.315. The van der Waals surface area contributed by atoms with Crippen LogP contribution in [-0.2, 0) is 38.0 Å². The molecule has 3 aliphatic carbocycles. The topological polar surface area (TPSA) is 89.5 Å². The first kappa shape index (κ1) is 17.5. The Bertz CT molecular complexity index is 575. The second-order valence-electron chi connectivity index (χ2n) is 6.10. The smallest absolute Gasteiger partial charge is 0.334 e. The summed E-state index contributed by atoms with van der Waals surface area (Å²) in [6, 6.07) is 0. The molecule has 1 saturated heterocycles. The van der Waals surface area contributed by atoms with Crippen molar-refractivity contribution in [1.82, 2.24) is 0 Å². The average molecular weight is 342 g/mol. The minimum atomic E-state index is -1.60. The molecule has 4 rings (SSSR count). The number of hydrogen-bond donors (Lipinski definition) is 0. The van der Waals surface area contributed by atoms with E-state index in [0.29, 0.717) is 12.0 Å². The fraction of sp³-hybridized carbons (Fsp3) is 0.750. The van der Waals surface area contributed by atoms with Crippen molar-refractivity contribution in [3.63, 3.8) is 0 Å². The van der Waals surface area contributed by atoms with Crippen LogP contribution in [0.5, 0.6) is 0 Å². The van der Waals surface area contributed by atoms with Crippen molar-refractivity contribution in [3.8, 4) is 0 Å². The molecule has 4 atom stereocenters. The number of ketones is 1. The van der Waals surface area contributed by atoms with Crippen LogP contribution in [0.25, 0.3) is 0 Å². The van der Waals surface area contributed by atoms with Crippen molar-refractivity contribution < 1.29 is 38.0 Å². The number of ether oxygens (including phenoxy) is 6. The monoisotopic (exact) mass is 342 g/mol. The summed E-state index contributed by atoms with van der Waals surface area (Å²) in [7, 11) is 6.98. The van der Waals surface area contributed by atoms with E-state index in [0.717, 1.165) is 0 Å². The van der Waals surface area contributed by atoms with Crippen molar-refractivity contribution in [2.45, 2.75) is 24.3 Å². The highest BCUT2D eigenvalue weighted by Gasteiger charge is 2.70. The van der Waals surface area contributed by atoms with Gasteiger partial charge in [0, 0.05) is 52.3 Å². The molecule has 4 unspecified atom stereocenters. The number of rotatable bonds is 5. The Kier molecular flexibility index (Phi) is 4.29. The largest absolute Gasteiger partial charge is 0.466 e. The zero-order chi connectivity index (χ0) is 17.7. The number of fused-ring (bicyclic) bond motifs is 1. The molecule has 0 N–H and O–H groups in total. The van der Waals surface area contributed by atoms with Gasteiger partial charge in [-0.2, -0.15) is 0 Å². The molecule has 2 fully saturated rings. The van der Waals surface area contributed by atoms with Gasteiger partial charge >= 0.3 is 5.97 Å². The first-order valence-corrected chi connectivity index (χ1v) is 7.66. The third-order valence-electron chi connectivity index (χ3n) is 5.41. The summed E-state index contributed by atoms with van der Waals surface area (Å²) in [5.74, 6) is -5.21. The molecule has 0 aromatic carbocycles. The highest BCUT2D eigenvalue weighted by molar-refractivity contribution is 6.00. The van der Waals surface area contributed by atoms with Crippen LogP contribution in [0, 0.1) is 17.8 Å². The van der Waals surface area contributed by atoms with Gasteiger partial charge in [-0.05, 0) is 0 Å². The zero-order valence-electron chi connectivity index (χ0n) is 14.4. The van der Waals surface area contributed by atoms with Crippen molar-refractivity contribution in [2.75, 3.05) is 35.5 Å². The fourth-order valence-corrected chi connectivity index (χ4v) is 4.27. The number of carbonyl (C=O) groups excluding carboxylic acids is 2. The normalized spacial score (nSPS) is 35.5. The molecule has 4 aliphatic rings. The summed E-state index contributed by atoms with van der Waals surface area (Å²) in [6.45, 7) is 0. The van der Waals surface area contributed by atoms with Gasteiger partial charge in [-0.15, -0.1) is 0 Å². The number of esters is 1. The highest BCUT2D eigenvalue weighted by atomic mass is 16.9. The number of allylic oxidation sites excluding steroid dienone is 1. The van der Waals surface area contributed by atoms with Crippen LogP contribution in [0.1, 0.15) is 6.42 Å². The second kappa shape index (κ2) is 5.89. The lowest BCUT2D eigenvalue weighted by Gasteiger charge is -2.51. The number of carbonyl (C=O) groups is 2. The van der Waals surface area contributed by atoms with Gasteiger partial charge in [-0.3, -0.25) is 4.79 Å². The second-order valence-corrected chi connectivity index (χ2v) is 6.10. The molecule has 134 valence electrons. The van der Waals surface area contributed by atoms with Gasteiger partial charge in [-0.25, -0.2) is 4.79 Å². The lowest BCUT2D eigenvalue weighted by atomic mass is 9.59. The van der Waals surface area contributed by atoms with Crippen LogP contribution in [0.2, 0.25) is 0 Å². The van der Waals surface area contributed by atoms with Gasteiger partial charge in [0.2, 0.25) is 5.79 Å². The predicted molar refractivity (Wildman–Crippen MR) is 78.6 cm³/mol. The summed E-state index contributed by atoms with van der Waals surface area (Å²) in [4.78, 5) is 25.2. The van der Waals surface area contributed by atoms with Crippen LogP contribution in [0.4, 0.5) is 0 Å². The van der Waals surface area contributed by atoms with Crippen LogP contribution < -0.4 is 0 Å². The van der Waals surface area contributed by atoms with Crippen LogP contribution in [0.15, 0.2) is 11.6 Å². The molecule has 8 nitrogen and oxygen atoms in total.